The highest BCUT2D eigenvalue weighted by molar-refractivity contribution is 6.34. The van der Waals surface area contributed by atoms with Crippen LogP contribution in [0.15, 0.2) is 83.7 Å². The van der Waals surface area contributed by atoms with Crippen molar-refractivity contribution in [2.75, 3.05) is 10.2 Å². The number of aromatic nitrogens is 1. The van der Waals surface area contributed by atoms with E-state index in [0.717, 1.165) is 4.90 Å². The van der Waals surface area contributed by atoms with Crippen LogP contribution in [0.2, 0.25) is 0 Å². The van der Waals surface area contributed by atoms with Crippen molar-refractivity contribution in [2.24, 2.45) is 0 Å². The van der Waals surface area contributed by atoms with E-state index in [1.807, 2.05) is 0 Å². The number of aromatic amines is 1. The molecule has 3 aromatic carbocycles. The van der Waals surface area contributed by atoms with E-state index in [2.05, 4.69) is 10.3 Å². The maximum absolute atomic E-state index is 12.7. The topological polar surface area (TPSA) is 99.3 Å². The maximum atomic E-state index is 12.7. The fourth-order valence-electron chi connectivity index (χ4n) is 3.68. The Balaban J connectivity index is 1.44. The zero-order valence-electron chi connectivity index (χ0n) is 16.1. The first-order chi connectivity index (χ1) is 15.0. The van der Waals surface area contributed by atoms with Gasteiger partial charge in [0.25, 0.3) is 23.3 Å². The molecule has 0 bridgehead atoms. The number of carbonyl (C=O) groups is 3. The fourth-order valence-corrected chi connectivity index (χ4v) is 3.68. The van der Waals surface area contributed by atoms with E-state index in [9.17, 15) is 19.2 Å². The second-order valence-corrected chi connectivity index (χ2v) is 7.10. The van der Waals surface area contributed by atoms with Crippen molar-refractivity contribution in [3.05, 3.63) is 106 Å². The van der Waals surface area contributed by atoms with Gasteiger partial charge in [0.15, 0.2) is 0 Å². The molecule has 4 aromatic rings. The zero-order chi connectivity index (χ0) is 21.5. The van der Waals surface area contributed by atoms with Gasteiger partial charge in [-0.3, -0.25) is 19.2 Å². The largest absolute Gasteiger partial charge is 0.321 e. The number of pyridine rings is 1. The summed E-state index contributed by atoms with van der Waals surface area (Å²) < 4.78 is 0. The minimum absolute atomic E-state index is 0.106. The van der Waals surface area contributed by atoms with Gasteiger partial charge in [-0.15, -0.1) is 0 Å². The van der Waals surface area contributed by atoms with Gasteiger partial charge < -0.3 is 10.3 Å². The number of fused-ring (bicyclic) bond motifs is 2. The molecule has 7 nitrogen and oxygen atoms in total. The van der Waals surface area contributed by atoms with E-state index in [1.54, 1.807) is 78.9 Å². The molecule has 0 unspecified atom stereocenters. The van der Waals surface area contributed by atoms with E-state index >= 15 is 0 Å². The number of nitrogens with zero attached hydrogens (tertiary/aromatic N) is 1. The van der Waals surface area contributed by atoms with Crippen LogP contribution in [0.25, 0.3) is 10.8 Å². The molecule has 31 heavy (non-hydrogen) atoms. The Morgan fingerprint density at radius 1 is 0.774 bits per heavy atom. The second-order valence-electron chi connectivity index (χ2n) is 7.10. The predicted molar refractivity (Wildman–Crippen MR) is 117 cm³/mol. The number of nitrogens with one attached hydrogen (secondary N) is 2. The lowest BCUT2D eigenvalue weighted by atomic mass is 10.1. The summed E-state index contributed by atoms with van der Waals surface area (Å²) in [6.45, 7) is 0. The van der Waals surface area contributed by atoms with E-state index in [-0.39, 0.29) is 11.3 Å². The van der Waals surface area contributed by atoms with Gasteiger partial charge in [-0.25, -0.2) is 4.90 Å². The van der Waals surface area contributed by atoms with Crippen molar-refractivity contribution < 1.29 is 14.4 Å². The molecule has 0 saturated heterocycles. The van der Waals surface area contributed by atoms with Crippen LogP contribution in [0.1, 0.15) is 31.2 Å². The fraction of sp³-hybridized carbons (Fsp3) is 0. The average Bonchev–Trinajstić information content (AvgIpc) is 3.04. The highest BCUT2D eigenvalue weighted by atomic mass is 16.2. The summed E-state index contributed by atoms with van der Waals surface area (Å²) >= 11 is 0. The second kappa shape index (κ2) is 7.07. The Bertz CT molecular complexity index is 1420. The van der Waals surface area contributed by atoms with E-state index < -0.39 is 17.7 Å². The number of rotatable bonds is 3. The summed E-state index contributed by atoms with van der Waals surface area (Å²) in [6.07, 6.45) is 0. The molecule has 1 aromatic heterocycles. The molecule has 7 heteroatoms. The summed E-state index contributed by atoms with van der Waals surface area (Å²) in [6, 6.07) is 21.6. The van der Waals surface area contributed by atoms with Crippen LogP contribution in [-0.2, 0) is 0 Å². The minimum atomic E-state index is -0.512. The van der Waals surface area contributed by atoms with Crippen LogP contribution in [0.5, 0.6) is 0 Å². The number of H-pyrrole nitrogens is 1. The maximum Gasteiger partial charge on any atom is 0.272 e. The van der Waals surface area contributed by atoms with Crippen molar-refractivity contribution >= 4 is 39.9 Å². The smallest absolute Gasteiger partial charge is 0.272 e. The molecular formula is C24H15N3O4. The predicted octanol–water partition coefficient (Wildman–Crippen LogP) is 3.58. The first-order valence-electron chi connectivity index (χ1n) is 9.54. The summed E-state index contributed by atoms with van der Waals surface area (Å²) in [5.74, 6) is -1.34. The van der Waals surface area contributed by atoms with Crippen LogP contribution >= 0.6 is 0 Å². The Morgan fingerprint density at radius 3 is 2.19 bits per heavy atom. The Kier molecular flexibility index (Phi) is 4.22. The molecule has 0 aliphatic carbocycles. The number of anilines is 2. The van der Waals surface area contributed by atoms with Crippen molar-refractivity contribution in [1.29, 1.82) is 0 Å². The summed E-state index contributed by atoms with van der Waals surface area (Å²) in [5.41, 5.74) is 1.16. The minimum Gasteiger partial charge on any atom is -0.321 e. The third-order valence-electron chi connectivity index (χ3n) is 5.15. The Hall–Kier alpha value is -4.52. The molecule has 0 spiro atoms. The highest BCUT2D eigenvalue weighted by Gasteiger charge is 2.36. The van der Waals surface area contributed by atoms with Crippen molar-refractivity contribution in [1.82, 2.24) is 4.98 Å². The average molecular weight is 409 g/mol. The first-order valence-corrected chi connectivity index (χ1v) is 9.54. The molecule has 1 aliphatic rings. The molecule has 0 atom stereocenters. The van der Waals surface area contributed by atoms with Crippen LogP contribution in [0.3, 0.4) is 0 Å². The number of hydrogen-bond donors (Lipinski definition) is 2. The lowest BCUT2D eigenvalue weighted by molar-refractivity contribution is 0.0925. The van der Waals surface area contributed by atoms with E-state index in [0.29, 0.717) is 33.3 Å². The quantitative estimate of drug-likeness (QED) is 0.505. The third kappa shape index (κ3) is 3.08. The number of hydrogen-bond acceptors (Lipinski definition) is 4. The number of carbonyl (C=O) groups excluding carboxylic acids is 3. The van der Waals surface area contributed by atoms with Crippen molar-refractivity contribution in [3.63, 3.8) is 0 Å². The Labute approximate surface area is 175 Å². The van der Waals surface area contributed by atoms with Crippen LogP contribution in [0, 0.1) is 0 Å². The van der Waals surface area contributed by atoms with Gasteiger partial charge in [0.1, 0.15) is 5.69 Å². The Morgan fingerprint density at radius 2 is 1.45 bits per heavy atom. The lowest BCUT2D eigenvalue weighted by Gasteiger charge is -2.15. The molecule has 2 N–H and O–H groups in total. The molecule has 0 radical (unpaired) electrons. The number of amides is 3. The normalized spacial score (nSPS) is 12.8. The van der Waals surface area contributed by atoms with E-state index in [1.165, 1.54) is 0 Å². The van der Waals surface area contributed by atoms with Gasteiger partial charge in [0.05, 0.1) is 16.8 Å². The van der Waals surface area contributed by atoms with Gasteiger partial charge in [0.2, 0.25) is 0 Å². The molecular weight excluding hydrogens is 394 g/mol. The van der Waals surface area contributed by atoms with E-state index in [4.69, 9.17) is 0 Å². The van der Waals surface area contributed by atoms with Gasteiger partial charge in [-0.1, -0.05) is 36.4 Å². The summed E-state index contributed by atoms with van der Waals surface area (Å²) in [7, 11) is 0. The first kappa shape index (κ1) is 18.5. The van der Waals surface area contributed by atoms with Crippen LogP contribution in [0.4, 0.5) is 11.4 Å². The van der Waals surface area contributed by atoms with Crippen molar-refractivity contribution in [2.45, 2.75) is 0 Å². The molecule has 150 valence electrons. The molecule has 3 amide bonds. The lowest BCUT2D eigenvalue weighted by Crippen LogP contribution is -2.29. The van der Waals surface area contributed by atoms with Crippen LogP contribution in [-0.4, -0.2) is 22.7 Å². The van der Waals surface area contributed by atoms with Gasteiger partial charge in [-0.2, -0.15) is 0 Å². The zero-order valence-corrected chi connectivity index (χ0v) is 16.1. The highest BCUT2D eigenvalue weighted by Crippen LogP contribution is 2.29. The molecule has 0 saturated carbocycles. The molecule has 1 aliphatic heterocycles. The van der Waals surface area contributed by atoms with Gasteiger partial charge in [0, 0.05) is 11.1 Å². The monoisotopic (exact) mass is 409 g/mol. The molecule has 5 rings (SSSR count). The summed E-state index contributed by atoms with van der Waals surface area (Å²) in [4.78, 5) is 54.0. The number of imide groups is 1. The number of benzene rings is 3. The van der Waals surface area contributed by atoms with Crippen molar-refractivity contribution in [3.8, 4) is 0 Å². The summed E-state index contributed by atoms with van der Waals surface area (Å²) in [5, 5.41) is 3.85. The molecule has 2 heterocycles. The van der Waals surface area contributed by atoms with Crippen LogP contribution < -0.4 is 15.8 Å². The standard InChI is InChI=1S/C24H15N3O4/c28-21-17-9-2-1-6-14(17)12-20(26-21)22(29)25-15-7-5-8-16(13-15)27-23(30)18-10-3-4-11-19(18)24(27)31/h1-13H,(H,25,29)(H,26,28). The van der Waals surface area contributed by atoms with Gasteiger partial charge in [-0.05, 0) is 47.9 Å². The third-order valence-corrected chi connectivity index (χ3v) is 5.15. The molecule has 0 fully saturated rings. The van der Waals surface area contributed by atoms with Gasteiger partial charge >= 0.3 is 0 Å². The SMILES string of the molecule is O=C(Nc1cccc(N2C(=O)c3ccccc3C2=O)c1)c1cc2ccccc2c(=O)[nH]1.